The molecule has 0 aromatic heterocycles. The lowest BCUT2D eigenvalue weighted by molar-refractivity contribution is -0.191. The molecule has 5 heteroatoms. The molecule has 20 heavy (non-hydrogen) atoms. The third kappa shape index (κ3) is 3.14. The number of ether oxygens (including phenoxy) is 1. The minimum absolute atomic E-state index is 0.0145. The second kappa shape index (κ2) is 5.02. The molecule has 1 saturated carbocycles. The zero-order valence-electron chi connectivity index (χ0n) is 12.8. The van der Waals surface area contributed by atoms with Crippen molar-refractivity contribution in [3.05, 3.63) is 0 Å². The molecule has 1 aliphatic heterocycles. The second-order valence-electron chi connectivity index (χ2n) is 7.30. The summed E-state index contributed by atoms with van der Waals surface area (Å²) in [6.45, 7) is 8.93. The first kappa shape index (κ1) is 15.3. The number of carbonyl (C=O) groups is 2. The molecule has 1 aliphatic carbocycles. The van der Waals surface area contributed by atoms with E-state index in [2.05, 4.69) is 0 Å². The predicted molar refractivity (Wildman–Crippen MR) is 74.3 cm³/mol. The molecule has 2 unspecified atom stereocenters. The summed E-state index contributed by atoms with van der Waals surface area (Å²) < 4.78 is 5.97. The molecule has 0 spiro atoms. The van der Waals surface area contributed by atoms with Crippen molar-refractivity contribution in [2.75, 3.05) is 13.1 Å². The highest BCUT2D eigenvalue weighted by Crippen LogP contribution is 2.36. The van der Waals surface area contributed by atoms with Gasteiger partial charge in [0.2, 0.25) is 5.91 Å². The van der Waals surface area contributed by atoms with Gasteiger partial charge in [-0.1, -0.05) is 6.42 Å². The van der Waals surface area contributed by atoms with Crippen LogP contribution in [0.3, 0.4) is 0 Å². The Morgan fingerprint density at radius 3 is 2.05 bits per heavy atom. The number of carbonyl (C=O) groups excluding carboxylic acids is 1. The lowest BCUT2D eigenvalue weighted by Gasteiger charge is -2.47. The van der Waals surface area contributed by atoms with Crippen LogP contribution in [0.2, 0.25) is 0 Å². The smallest absolute Gasteiger partial charge is 0.307 e. The average molecular weight is 283 g/mol. The molecule has 2 atom stereocenters. The number of nitrogens with zero attached hydrogens (tertiary/aromatic N) is 1. The van der Waals surface area contributed by atoms with Gasteiger partial charge in [-0.25, -0.2) is 0 Å². The normalized spacial score (nSPS) is 32.1. The topological polar surface area (TPSA) is 66.8 Å². The largest absolute Gasteiger partial charge is 0.481 e. The van der Waals surface area contributed by atoms with E-state index in [0.717, 1.165) is 6.42 Å². The van der Waals surface area contributed by atoms with Crippen LogP contribution in [0.15, 0.2) is 0 Å². The Kier molecular flexibility index (Phi) is 3.84. The average Bonchev–Trinajstić information content (AvgIpc) is 2.72. The van der Waals surface area contributed by atoms with Gasteiger partial charge in [-0.15, -0.1) is 0 Å². The number of carboxylic acids is 1. The molecule has 2 aliphatic rings. The maximum atomic E-state index is 12.7. The molecule has 0 radical (unpaired) electrons. The van der Waals surface area contributed by atoms with Gasteiger partial charge < -0.3 is 14.7 Å². The summed E-state index contributed by atoms with van der Waals surface area (Å²) in [5, 5.41) is 9.24. The summed E-state index contributed by atoms with van der Waals surface area (Å²) >= 11 is 0. The van der Waals surface area contributed by atoms with E-state index < -0.39 is 23.1 Å². The van der Waals surface area contributed by atoms with Crippen LogP contribution in [-0.4, -0.2) is 46.2 Å². The number of carboxylic acid groups (broad SMARTS) is 1. The zero-order chi connectivity index (χ0) is 15.1. The summed E-state index contributed by atoms with van der Waals surface area (Å²) in [4.78, 5) is 25.8. The molecule has 0 aromatic carbocycles. The van der Waals surface area contributed by atoms with Crippen molar-refractivity contribution in [2.45, 2.75) is 58.2 Å². The Bertz CT molecular complexity index is 400. The fraction of sp³-hybridized carbons (Fsp3) is 0.867. The SMILES string of the molecule is CC1(C)CN(C(=O)C2CCCC2C(=O)O)CC(C)(C)O1. The van der Waals surface area contributed by atoms with Crippen LogP contribution < -0.4 is 0 Å². The Hall–Kier alpha value is -1.10. The van der Waals surface area contributed by atoms with Crippen LogP contribution in [0.1, 0.15) is 47.0 Å². The molecule has 1 amide bonds. The summed E-state index contributed by atoms with van der Waals surface area (Å²) in [5.74, 6) is -1.74. The van der Waals surface area contributed by atoms with Crippen LogP contribution in [0.5, 0.6) is 0 Å². The third-order valence-electron chi connectivity index (χ3n) is 4.16. The number of morpholine rings is 1. The lowest BCUT2D eigenvalue weighted by atomic mass is 9.92. The van der Waals surface area contributed by atoms with E-state index >= 15 is 0 Å². The van der Waals surface area contributed by atoms with Crippen LogP contribution >= 0.6 is 0 Å². The van der Waals surface area contributed by atoms with Gasteiger partial charge in [0.1, 0.15) is 0 Å². The molecule has 5 nitrogen and oxygen atoms in total. The molecular weight excluding hydrogens is 258 g/mol. The van der Waals surface area contributed by atoms with E-state index in [1.807, 2.05) is 27.7 Å². The van der Waals surface area contributed by atoms with E-state index in [1.54, 1.807) is 4.90 Å². The van der Waals surface area contributed by atoms with Gasteiger partial charge in [-0.3, -0.25) is 9.59 Å². The predicted octanol–water partition coefficient (Wildman–Crippen LogP) is 1.90. The van der Waals surface area contributed by atoms with Gasteiger partial charge in [0.15, 0.2) is 0 Å². The van der Waals surface area contributed by atoms with Crippen molar-refractivity contribution in [1.82, 2.24) is 4.90 Å². The fourth-order valence-electron chi connectivity index (χ4n) is 3.73. The summed E-state index contributed by atoms with van der Waals surface area (Å²) in [5.41, 5.74) is -0.788. The van der Waals surface area contributed by atoms with Gasteiger partial charge in [0.25, 0.3) is 0 Å². The molecule has 1 N–H and O–H groups in total. The van der Waals surface area contributed by atoms with Gasteiger partial charge in [0.05, 0.1) is 23.0 Å². The first-order chi connectivity index (χ1) is 9.11. The van der Waals surface area contributed by atoms with Gasteiger partial charge in [-0.2, -0.15) is 0 Å². The van der Waals surface area contributed by atoms with Crippen LogP contribution in [-0.2, 0) is 14.3 Å². The number of rotatable bonds is 2. The Balaban J connectivity index is 2.14. The summed E-state index contributed by atoms with van der Waals surface area (Å²) in [7, 11) is 0. The monoisotopic (exact) mass is 283 g/mol. The summed E-state index contributed by atoms with van der Waals surface area (Å²) in [6.07, 6.45) is 2.13. The van der Waals surface area contributed by atoms with Crippen molar-refractivity contribution in [2.24, 2.45) is 11.8 Å². The molecule has 0 bridgehead atoms. The lowest BCUT2D eigenvalue weighted by Crippen LogP contribution is -2.59. The van der Waals surface area contributed by atoms with Crippen LogP contribution in [0.4, 0.5) is 0 Å². The Labute approximate surface area is 120 Å². The van der Waals surface area contributed by atoms with Gasteiger partial charge in [-0.05, 0) is 40.5 Å². The molecule has 2 fully saturated rings. The van der Waals surface area contributed by atoms with E-state index in [0.29, 0.717) is 25.9 Å². The number of hydrogen-bond donors (Lipinski definition) is 1. The van der Waals surface area contributed by atoms with Crippen molar-refractivity contribution >= 4 is 11.9 Å². The van der Waals surface area contributed by atoms with E-state index in [1.165, 1.54) is 0 Å². The maximum Gasteiger partial charge on any atom is 0.307 e. The maximum absolute atomic E-state index is 12.7. The first-order valence-electron chi connectivity index (χ1n) is 7.33. The molecule has 1 saturated heterocycles. The van der Waals surface area contributed by atoms with Gasteiger partial charge in [0, 0.05) is 13.1 Å². The van der Waals surface area contributed by atoms with Crippen molar-refractivity contribution in [1.29, 1.82) is 0 Å². The van der Waals surface area contributed by atoms with Crippen molar-refractivity contribution < 1.29 is 19.4 Å². The molecule has 2 rings (SSSR count). The van der Waals surface area contributed by atoms with Crippen molar-refractivity contribution in [3.63, 3.8) is 0 Å². The highest BCUT2D eigenvalue weighted by Gasteiger charge is 2.45. The Morgan fingerprint density at radius 1 is 1.05 bits per heavy atom. The van der Waals surface area contributed by atoms with Gasteiger partial charge >= 0.3 is 5.97 Å². The third-order valence-corrected chi connectivity index (χ3v) is 4.16. The fourth-order valence-corrected chi connectivity index (χ4v) is 3.73. The Morgan fingerprint density at radius 2 is 1.55 bits per heavy atom. The number of aliphatic carboxylic acids is 1. The second-order valence-corrected chi connectivity index (χ2v) is 7.30. The quantitative estimate of drug-likeness (QED) is 0.840. The van der Waals surface area contributed by atoms with Crippen LogP contribution in [0.25, 0.3) is 0 Å². The van der Waals surface area contributed by atoms with E-state index in [9.17, 15) is 14.7 Å². The zero-order valence-corrected chi connectivity index (χ0v) is 12.8. The highest BCUT2D eigenvalue weighted by atomic mass is 16.5. The van der Waals surface area contributed by atoms with E-state index in [4.69, 9.17) is 4.74 Å². The first-order valence-corrected chi connectivity index (χ1v) is 7.33. The minimum Gasteiger partial charge on any atom is -0.481 e. The molecule has 0 aromatic rings. The molecule has 1 heterocycles. The standard InChI is InChI=1S/C15H25NO4/c1-14(2)8-16(9-15(3,4)20-14)12(17)10-6-5-7-11(10)13(18)19/h10-11H,5-9H2,1-4H3,(H,18,19). The number of amides is 1. The van der Waals surface area contributed by atoms with E-state index in [-0.39, 0.29) is 11.8 Å². The highest BCUT2D eigenvalue weighted by molar-refractivity contribution is 5.85. The molecular formula is C15H25NO4. The number of hydrogen-bond acceptors (Lipinski definition) is 3. The summed E-state index contributed by atoms with van der Waals surface area (Å²) in [6, 6.07) is 0. The minimum atomic E-state index is -0.840. The molecule has 114 valence electrons. The van der Waals surface area contributed by atoms with Crippen molar-refractivity contribution in [3.8, 4) is 0 Å². The van der Waals surface area contributed by atoms with Crippen LogP contribution in [0, 0.1) is 11.8 Å².